The molecule has 1 aliphatic heterocycles. The Balaban J connectivity index is 1.44. The molecule has 1 heterocycles. The standard InChI is InChI=1S/C20H25N3O/c24-20(7-4-14-23-15-12-21-13-16-23)22-19-10-8-18(9-11-19)17-5-2-1-3-6-17/h1-3,5-6,8-11,21H,4,7,12-16H2,(H,22,24). The highest BCUT2D eigenvalue weighted by Gasteiger charge is 2.10. The van der Waals surface area contributed by atoms with Crippen LogP contribution in [0, 0.1) is 0 Å². The molecule has 4 heteroatoms. The van der Waals surface area contributed by atoms with Gasteiger partial charge in [-0.15, -0.1) is 0 Å². The SMILES string of the molecule is O=C(CCCN1CCNCC1)Nc1ccc(-c2ccccc2)cc1. The number of benzene rings is 2. The lowest BCUT2D eigenvalue weighted by atomic mass is 10.1. The van der Waals surface area contributed by atoms with Crippen LogP contribution in [-0.2, 0) is 4.79 Å². The zero-order valence-corrected chi connectivity index (χ0v) is 14.0. The Morgan fingerprint density at radius 2 is 1.62 bits per heavy atom. The first-order valence-corrected chi connectivity index (χ1v) is 8.70. The van der Waals surface area contributed by atoms with Gasteiger partial charge in [0.2, 0.25) is 5.91 Å². The number of piperazine rings is 1. The average Bonchev–Trinajstić information content (AvgIpc) is 2.64. The van der Waals surface area contributed by atoms with Crippen molar-refractivity contribution in [3.8, 4) is 11.1 Å². The predicted octanol–water partition coefficient (Wildman–Crippen LogP) is 2.98. The molecule has 0 saturated carbocycles. The normalized spacial score (nSPS) is 15.2. The number of amides is 1. The minimum atomic E-state index is 0.0950. The number of carbonyl (C=O) groups is 1. The van der Waals surface area contributed by atoms with Crippen molar-refractivity contribution in [1.29, 1.82) is 0 Å². The van der Waals surface area contributed by atoms with E-state index in [0.29, 0.717) is 6.42 Å². The van der Waals surface area contributed by atoms with E-state index in [0.717, 1.165) is 50.4 Å². The van der Waals surface area contributed by atoms with Crippen LogP contribution < -0.4 is 10.6 Å². The third-order valence-corrected chi connectivity index (χ3v) is 4.36. The molecule has 1 saturated heterocycles. The number of carbonyl (C=O) groups excluding carboxylic acids is 1. The smallest absolute Gasteiger partial charge is 0.224 e. The number of anilines is 1. The molecule has 0 spiro atoms. The summed E-state index contributed by atoms with van der Waals surface area (Å²) in [6, 6.07) is 18.3. The predicted molar refractivity (Wildman–Crippen MR) is 99.1 cm³/mol. The quantitative estimate of drug-likeness (QED) is 0.859. The zero-order valence-electron chi connectivity index (χ0n) is 14.0. The van der Waals surface area contributed by atoms with Crippen LogP contribution in [0.1, 0.15) is 12.8 Å². The van der Waals surface area contributed by atoms with Gasteiger partial charge in [0.15, 0.2) is 0 Å². The molecule has 2 aromatic carbocycles. The summed E-state index contributed by atoms with van der Waals surface area (Å²) in [5, 5.41) is 6.33. The largest absolute Gasteiger partial charge is 0.326 e. The van der Waals surface area contributed by atoms with Crippen LogP contribution in [0.2, 0.25) is 0 Å². The van der Waals surface area contributed by atoms with Crippen molar-refractivity contribution in [1.82, 2.24) is 10.2 Å². The van der Waals surface area contributed by atoms with Gasteiger partial charge in [-0.1, -0.05) is 42.5 Å². The van der Waals surface area contributed by atoms with Crippen molar-refractivity contribution in [2.45, 2.75) is 12.8 Å². The Labute approximate surface area is 143 Å². The van der Waals surface area contributed by atoms with E-state index < -0.39 is 0 Å². The minimum Gasteiger partial charge on any atom is -0.326 e. The molecule has 0 bridgehead atoms. The van der Waals surface area contributed by atoms with Gasteiger partial charge >= 0.3 is 0 Å². The van der Waals surface area contributed by atoms with Crippen molar-refractivity contribution in [2.24, 2.45) is 0 Å². The summed E-state index contributed by atoms with van der Waals surface area (Å²) in [5.41, 5.74) is 3.21. The molecular formula is C20H25N3O. The maximum absolute atomic E-state index is 12.1. The topological polar surface area (TPSA) is 44.4 Å². The van der Waals surface area contributed by atoms with Gasteiger partial charge in [0, 0.05) is 38.3 Å². The van der Waals surface area contributed by atoms with Crippen LogP contribution in [0.25, 0.3) is 11.1 Å². The first kappa shape index (κ1) is 16.7. The second-order valence-corrected chi connectivity index (χ2v) is 6.19. The molecule has 0 aromatic heterocycles. The summed E-state index contributed by atoms with van der Waals surface area (Å²) in [5.74, 6) is 0.0950. The van der Waals surface area contributed by atoms with Gasteiger partial charge in [-0.3, -0.25) is 4.79 Å². The molecule has 2 aromatic rings. The molecule has 0 atom stereocenters. The van der Waals surface area contributed by atoms with Gasteiger partial charge in [0.05, 0.1) is 0 Å². The molecule has 0 radical (unpaired) electrons. The molecule has 0 unspecified atom stereocenters. The van der Waals surface area contributed by atoms with E-state index in [1.807, 2.05) is 42.5 Å². The number of rotatable bonds is 6. The van der Waals surface area contributed by atoms with Gasteiger partial charge in [0.25, 0.3) is 0 Å². The lowest BCUT2D eigenvalue weighted by Gasteiger charge is -2.26. The van der Waals surface area contributed by atoms with E-state index in [1.165, 1.54) is 5.56 Å². The summed E-state index contributed by atoms with van der Waals surface area (Å²) < 4.78 is 0. The molecule has 1 aliphatic rings. The molecular weight excluding hydrogens is 298 g/mol. The maximum Gasteiger partial charge on any atom is 0.224 e. The fourth-order valence-corrected chi connectivity index (χ4v) is 3.00. The minimum absolute atomic E-state index is 0.0950. The van der Waals surface area contributed by atoms with E-state index in [-0.39, 0.29) is 5.91 Å². The molecule has 2 N–H and O–H groups in total. The Kier molecular flexibility index (Phi) is 5.99. The summed E-state index contributed by atoms with van der Waals surface area (Å²) >= 11 is 0. The summed E-state index contributed by atoms with van der Waals surface area (Å²) in [6.07, 6.45) is 1.48. The summed E-state index contributed by atoms with van der Waals surface area (Å²) in [4.78, 5) is 14.5. The highest BCUT2D eigenvalue weighted by Crippen LogP contribution is 2.21. The number of nitrogens with zero attached hydrogens (tertiary/aromatic N) is 1. The Hall–Kier alpha value is -2.17. The Morgan fingerprint density at radius 1 is 0.958 bits per heavy atom. The van der Waals surface area contributed by atoms with Gasteiger partial charge in [-0.2, -0.15) is 0 Å². The molecule has 3 rings (SSSR count). The molecule has 1 fully saturated rings. The zero-order chi connectivity index (χ0) is 16.6. The number of hydrogen-bond acceptors (Lipinski definition) is 3. The molecule has 0 aliphatic carbocycles. The first-order valence-electron chi connectivity index (χ1n) is 8.70. The highest BCUT2D eigenvalue weighted by atomic mass is 16.1. The molecule has 1 amide bonds. The summed E-state index contributed by atoms with van der Waals surface area (Å²) in [7, 11) is 0. The lowest BCUT2D eigenvalue weighted by Crippen LogP contribution is -2.43. The van der Waals surface area contributed by atoms with Gasteiger partial charge < -0.3 is 15.5 Å². The monoisotopic (exact) mass is 323 g/mol. The van der Waals surface area contributed by atoms with Crippen LogP contribution >= 0.6 is 0 Å². The van der Waals surface area contributed by atoms with Crippen LogP contribution in [0.5, 0.6) is 0 Å². The van der Waals surface area contributed by atoms with Crippen LogP contribution in [0.4, 0.5) is 5.69 Å². The maximum atomic E-state index is 12.1. The Morgan fingerprint density at radius 3 is 2.33 bits per heavy atom. The van der Waals surface area contributed by atoms with Gasteiger partial charge in [0.1, 0.15) is 0 Å². The van der Waals surface area contributed by atoms with E-state index >= 15 is 0 Å². The fourth-order valence-electron chi connectivity index (χ4n) is 3.00. The van der Waals surface area contributed by atoms with Crippen molar-refractivity contribution >= 4 is 11.6 Å². The summed E-state index contributed by atoms with van der Waals surface area (Å²) in [6.45, 7) is 5.28. The van der Waals surface area contributed by atoms with E-state index in [1.54, 1.807) is 0 Å². The van der Waals surface area contributed by atoms with Crippen LogP contribution in [0.3, 0.4) is 0 Å². The second kappa shape index (κ2) is 8.62. The van der Waals surface area contributed by atoms with Crippen LogP contribution in [0.15, 0.2) is 54.6 Å². The molecule has 4 nitrogen and oxygen atoms in total. The lowest BCUT2D eigenvalue weighted by molar-refractivity contribution is -0.116. The molecule has 126 valence electrons. The van der Waals surface area contributed by atoms with Crippen molar-refractivity contribution in [3.63, 3.8) is 0 Å². The first-order chi connectivity index (χ1) is 11.8. The number of hydrogen-bond donors (Lipinski definition) is 2. The van der Waals surface area contributed by atoms with Crippen LogP contribution in [-0.4, -0.2) is 43.5 Å². The second-order valence-electron chi connectivity index (χ2n) is 6.19. The van der Waals surface area contributed by atoms with Crippen molar-refractivity contribution < 1.29 is 4.79 Å². The van der Waals surface area contributed by atoms with E-state index in [4.69, 9.17) is 0 Å². The van der Waals surface area contributed by atoms with E-state index in [2.05, 4.69) is 27.7 Å². The van der Waals surface area contributed by atoms with Crippen molar-refractivity contribution in [2.75, 3.05) is 38.0 Å². The number of nitrogens with one attached hydrogen (secondary N) is 2. The van der Waals surface area contributed by atoms with E-state index in [9.17, 15) is 4.79 Å². The van der Waals surface area contributed by atoms with Crippen molar-refractivity contribution in [3.05, 3.63) is 54.6 Å². The third-order valence-electron chi connectivity index (χ3n) is 4.36. The highest BCUT2D eigenvalue weighted by molar-refractivity contribution is 5.90. The third kappa shape index (κ3) is 4.91. The average molecular weight is 323 g/mol. The Bertz CT molecular complexity index is 634. The van der Waals surface area contributed by atoms with Gasteiger partial charge in [-0.25, -0.2) is 0 Å². The van der Waals surface area contributed by atoms with Gasteiger partial charge in [-0.05, 0) is 36.2 Å². The molecule has 24 heavy (non-hydrogen) atoms. The fraction of sp³-hybridized carbons (Fsp3) is 0.350.